The van der Waals surface area contributed by atoms with Crippen molar-refractivity contribution in [2.45, 2.75) is 31.8 Å². The molecule has 6 nitrogen and oxygen atoms in total. The van der Waals surface area contributed by atoms with E-state index >= 15 is 0 Å². The van der Waals surface area contributed by atoms with Gasteiger partial charge in [0.15, 0.2) is 0 Å². The summed E-state index contributed by atoms with van der Waals surface area (Å²) in [6, 6.07) is 9.97. The summed E-state index contributed by atoms with van der Waals surface area (Å²) in [4.78, 5) is 0. The van der Waals surface area contributed by atoms with Crippen LogP contribution in [0.1, 0.15) is 13.3 Å². The summed E-state index contributed by atoms with van der Waals surface area (Å²) in [7, 11) is 0. The molecule has 2 rings (SSSR count). The monoisotopic (exact) mass is 250 g/mol. The molecule has 3 atom stereocenters. The van der Waals surface area contributed by atoms with E-state index in [4.69, 9.17) is 15.3 Å². The van der Waals surface area contributed by atoms with Crippen LogP contribution in [0.15, 0.2) is 40.7 Å². The first kappa shape index (κ1) is 12.8. The average molecular weight is 250 g/mol. The molecule has 3 N–H and O–H groups in total. The molecule has 0 spiro atoms. The molecule has 18 heavy (non-hydrogen) atoms. The van der Waals surface area contributed by atoms with E-state index in [0.717, 1.165) is 12.2 Å². The molecule has 0 bridgehead atoms. The van der Waals surface area contributed by atoms with Gasteiger partial charge in [0.1, 0.15) is 5.75 Å². The number of nitrogens with one attached hydrogen (secondary N) is 1. The Kier molecular flexibility index (Phi) is 4.49. The van der Waals surface area contributed by atoms with Gasteiger partial charge in [0, 0.05) is 12.5 Å². The summed E-state index contributed by atoms with van der Waals surface area (Å²) < 4.78 is 11.1. The molecule has 1 aliphatic rings. The van der Waals surface area contributed by atoms with Crippen molar-refractivity contribution in [2.24, 2.45) is 16.2 Å². The number of nitrogens with zero attached hydrogens (tertiary/aromatic N) is 2. The summed E-state index contributed by atoms with van der Waals surface area (Å²) >= 11 is 0. The van der Waals surface area contributed by atoms with E-state index in [-0.39, 0.29) is 12.1 Å². The molecule has 0 radical (unpaired) electrons. The zero-order valence-electron chi connectivity index (χ0n) is 10.3. The second-order valence-corrected chi connectivity index (χ2v) is 4.26. The Balaban J connectivity index is 1.77. The largest absolute Gasteiger partial charge is 0.491 e. The van der Waals surface area contributed by atoms with Gasteiger partial charge in [-0.25, -0.2) is 0 Å². The molecule has 0 saturated carbocycles. The van der Waals surface area contributed by atoms with Crippen molar-refractivity contribution in [3.05, 3.63) is 30.3 Å². The average Bonchev–Trinajstić information content (AvgIpc) is 2.78. The van der Waals surface area contributed by atoms with Gasteiger partial charge in [-0.15, -0.1) is 5.11 Å². The maximum absolute atomic E-state index is 5.80. The third-order valence-corrected chi connectivity index (χ3v) is 2.70. The normalized spacial score (nSPS) is 25.4. The van der Waals surface area contributed by atoms with Crippen LogP contribution in [0.3, 0.4) is 0 Å². The molecular formula is C12H18N4O2. The number of para-hydroxylation sites is 1. The van der Waals surface area contributed by atoms with E-state index in [1.807, 2.05) is 37.3 Å². The first-order valence-electron chi connectivity index (χ1n) is 5.97. The molecule has 0 amide bonds. The Morgan fingerprint density at radius 1 is 1.50 bits per heavy atom. The van der Waals surface area contributed by atoms with E-state index in [0.29, 0.717) is 6.61 Å². The highest BCUT2D eigenvalue weighted by molar-refractivity contribution is 5.21. The number of hydrogen-bond acceptors (Lipinski definition) is 5. The Hall–Kier alpha value is -1.66. The third-order valence-electron chi connectivity index (χ3n) is 2.70. The van der Waals surface area contributed by atoms with E-state index in [9.17, 15) is 0 Å². The van der Waals surface area contributed by atoms with Crippen LogP contribution in [0.5, 0.6) is 5.75 Å². The highest BCUT2D eigenvalue weighted by Crippen LogP contribution is 2.15. The van der Waals surface area contributed by atoms with Crippen molar-refractivity contribution in [3.63, 3.8) is 0 Å². The van der Waals surface area contributed by atoms with E-state index in [2.05, 4.69) is 15.7 Å². The number of nitrogens with two attached hydrogens (primary N) is 1. The molecule has 0 aliphatic carbocycles. The molecule has 98 valence electrons. The lowest BCUT2D eigenvalue weighted by molar-refractivity contribution is 0.0997. The van der Waals surface area contributed by atoms with Crippen LogP contribution in [-0.2, 0) is 4.74 Å². The maximum Gasteiger partial charge on any atom is 0.226 e. The summed E-state index contributed by atoms with van der Waals surface area (Å²) in [6.07, 6.45) is 0.511. The summed E-state index contributed by atoms with van der Waals surface area (Å²) in [5, 5.41) is 10.1. The van der Waals surface area contributed by atoms with Gasteiger partial charge in [0.25, 0.3) is 0 Å². The molecule has 1 aromatic carbocycles. The minimum Gasteiger partial charge on any atom is -0.491 e. The molecule has 1 saturated heterocycles. The van der Waals surface area contributed by atoms with E-state index < -0.39 is 6.35 Å². The Morgan fingerprint density at radius 2 is 2.28 bits per heavy atom. The van der Waals surface area contributed by atoms with Gasteiger partial charge in [-0.1, -0.05) is 23.4 Å². The molecule has 1 aromatic rings. The summed E-state index contributed by atoms with van der Waals surface area (Å²) in [6.45, 7) is 2.62. The summed E-state index contributed by atoms with van der Waals surface area (Å²) in [5.74, 6) is 5.85. The third kappa shape index (κ3) is 3.68. The molecule has 1 heterocycles. The van der Waals surface area contributed by atoms with Gasteiger partial charge in [0.2, 0.25) is 6.35 Å². The zero-order chi connectivity index (χ0) is 12.8. The minimum absolute atomic E-state index is 0.0991. The second-order valence-electron chi connectivity index (χ2n) is 4.26. The maximum atomic E-state index is 5.80. The highest BCUT2D eigenvalue weighted by Gasteiger charge is 2.25. The van der Waals surface area contributed by atoms with Gasteiger partial charge in [-0.2, -0.15) is 0 Å². The number of benzene rings is 1. The van der Waals surface area contributed by atoms with Gasteiger partial charge >= 0.3 is 0 Å². The molecule has 2 unspecified atom stereocenters. The molecule has 1 aliphatic heterocycles. The Bertz CT molecular complexity index is 385. The topological polar surface area (TPSA) is 81.2 Å². The van der Waals surface area contributed by atoms with Crippen molar-refractivity contribution in [2.75, 3.05) is 6.61 Å². The van der Waals surface area contributed by atoms with Crippen molar-refractivity contribution < 1.29 is 9.47 Å². The first-order valence-corrected chi connectivity index (χ1v) is 5.97. The zero-order valence-corrected chi connectivity index (χ0v) is 10.3. The van der Waals surface area contributed by atoms with Crippen molar-refractivity contribution >= 4 is 0 Å². The van der Waals surface area contributed by atoms with Gasteiger partial charge in [0.05, 0.1) is 12.7 Å². The van der Waals surface area contributed by atoms with E-state index in [1.54, 1.807) is 0 Å². The van der Waals surface area contributed by atoms with Crippen LogP contribution < -0.4 is 15.9 Å². The lowest BCUT2D eigenvalue weighted by Gasteiger charge is -2.17. The van der Waals surface area contributed by atoms with Crippen LogP contribution >= 0.6 is 0 Å². The number of hydrogen-bond donors (Lipinski definition) is 2. The quantitative estimate of drug-likeness (QED) is 0.470. The minimum atomic E-state index is -0.427. The molecule has 6 heteroatoms. The van der Waals surface area contributed by atoms with E-state index in [1.165, 1.54) is 0 Å². The second kappa shape index (κ2) is 6.32. The molecule has 1 fully saturated rings. The van der Waals surface area contributed by atoms with Crippen molar-refractivity contribution in [1.29, 1.82) is 0 Å². The highest BCUT2D eigenvalue weighted by atomic mass is 16.5. The Morgan fingerprint density at radius 3 is 3.00 bits per heavy atom. The fraction of sp³-hybridized carbons (Fsp3) is 0.500. The lowest BCUT2D eigenvalue weighted by atomic mass is 10.1. The van der Waals surface area contributed by atoms with Crippen LogP contribution in [-0.4, -0.2) is 25.1 Å². The molecular weight excluding hydrogens is 232 g/mol. The van der Waals surface area contributed by atoms with Gasteiger partial charge < -0.3 is 15.3 Å². The van der Waals surface area contributed by atoms with Gasteiger partial charge in [-0.3, -0.25) is 5.32 Å². The fourth-order valence-electron chi connectivity index (χ4n) is 1.95. The number of rotatable bonds is 5. The van der Waals surface area contributed by atoms with Crippen LogP contribution in [0, 0.1) is 0 Å². The smallest absolute Gasteiger partial charge is 0.226 e. The lowest BCUT2D eigenvalue weighted by Crippen LogP contribution is -2.33. The van der Waals surface area contributed by atoms with Crippen molar-refractivity contribution in [3.8, 4) is 5.75 Å². The SMILES string of the molecule is CC(C[C@H]1COC(N=NN)N1)Oc1ccccc1. The standard InChI is InChI=1S/C12H18N4O2/c1-9(18-11-5-3-2-4-6-11)7-10-8-17-12(14-10)15-16-13/h2-6,9-10,12,14H,7-8H2,1H3,(H2,13,15)/t9?,10-,12?/m0/s1. The van der Waals surface area contributed by atoms with Crippen LogP contribution in [0.2, 0.25) is 0 Å². The number of ether oxygens (including phenoxy) is 2. The van der Waals surface area contributed by atoms with Crippen LogP contribution in [0.4, 0.5) is 0 Å². The fourth-order valence-corrected chi connectivity index (χ4v) is 1.95. The predicted octanol–water partition coefficient (Wildman–Crippen LogP) is 1.44. The predicted molar refractivity (Wildman–Crippen MR) is 66.9 cm³/mol. The van der Waals surface area contributed by atoms with Crippen LogP contribution in [0.25, 0.3) is 0 Å². The Labute approximate surface area is 106 Å². The van der Waals surface area contributed by atoms with Crippen molar-refractivity contribution in [1.82, 2.24) is 5.32 Å². The van der Waals surface area contributed by atoms with Gasteiger partial charge in [-0.05, 0) is 19.1 Å². The first-order chi connectivity index (χ1) is 8.78. The summed E-state index contributed by atoms with van der Waals surface area (Å²) in [5.41, 5.74) is 0. The molecule has 0 aromatic heterocycles.